The van der Waals surface area contributed by atoms with Gasteiger partial charge in [0.2, 0.25) is 5.91 Å². The Morgan fingerprint density at radius 1 is 0.667 bits per heavy atom. The number of hydrogen-bond acceptors (Lipinski definition) is 13. The van der Waals surface area contributed by atoms with Gasteiger partial charge >= 0.3 is 29.8 Å². The first-order valence-corrected chi connectivity index (χ1v) is 16.8. The van der Waals surface area contributed by atoms with Crippen LogP contribution in [-0.2, 0) is 57.2 Å². The average molecular weight is 729 g/mol. The number of amides is 2. The van der Waals surface area contributed by atoms with Gasteiger partial charge in [0, 0.05) is 18.8 Å². The highest BCUT2D eigenvalue weighted by molar-refractivity contribution is 5.87. The summed E-state index contributed by atoms with van der Waals surface area (Å²) in [5.41, 5.74) is -1.31. The zero-order valence-electron chi connectivity index (χ0n) is 31.8. The number of unbranched alkanes of at least 4 members (excludes halogenated alkanes) is 2. The van der Waals surface area contributed by atoms with Crippen molar-refractivity contribution >= 4 is 41.7 Å². The number of nitrogens with one attached hydrogen (secondary N) is 2. The lowest BCUT2D eigenvalue weighted by Gasteiger charge is -2.27. The van der Waals surface area contributed by atoms with Gasteiger partial charge < -0.3 is 39.4 Å². The molecule has 0 saturated heterocycles. The lowest BCUT2D eigenvalue weighted by Crippen LogP contribution is -2.45. The Balaban J connectivity index is 0. The Labute approximate surface area is 302 Å². The Bertz CT molecular complexity index is 1150. The molecule has 0 heterocycles. The molecular formula is C36H60N2O13. The summed E-state index contributed by atoms with van der Waals surface area (Å²) in [7, 11) is 2.39. The molecule has 2 unspecified atom stereocenters. The van der Waals surface area contributed by atoms with Crippen LogP contribution in [0.15, 0.2) is 25.3 Å². The molecule has 15 nitrogen and oxygen atoms in total. The van der Waals surface area contributed by atoms with Crippen molar-refractivity contribution in [1.82, 2.24) is 10.6 Å². The average Bonchev–Trinajstić information content (AvgIpc) is 3.01. The number of rotatable bonds is 21. The zero-order valence-corrected chi connectivity index (χ0v) is 31.8. The Morgan fingerprint density at radius 2 is 1.06 bits per heavy atom. The minimum Gasteiger partial charge on any atom is -0.468 e. The van der Waals surface area contributed by atoms with Gasteiger partial charge in [-0.05, 0) is 80.1 Å². The van der Waals surface area contributed by atoms with Gasteiger partial charge in [-0.25, -0.2) is 0 Å². The molecule has 0 aliphatic carbocycles. The normalized spacial score (nSPS) is 13.3. The first-order chi connectivity index (χ1) is 23.6. The van der Waals surface area contributed by atoms with Gasteiger partial charge in [0.05, 0.1) is 27.1 Å². The van der Waals surface area contributed by atoms with Crippen LogP contribution in [0.3, 0.4) is 0 Å². The molecule has 0 radical (unpaired) electrons. The molecule has 2 amide bonds. The quantitative estimate of drug-likeness (QED) is 0.0672. The second-order valence-electron chi connectivity index (χ2n) is 13.6. The molecule has 0 aliphatic rings. The molecule has 0 aromatic carbocycles. The van der Waals surface area contributed by atoms with E-state index in [0.717, 1.165) is 0 Å². The van der Waals surface area contributed by atoms with E-state index in [-0.39, 0.29) is 25.9 Å². The summed E-state index contributed by atoms with van der Waals surface area (Å²) in [6, 6.07) is 0. The van der Waals surface area contributed by atoms with Crippen molar-refractivity contribution in [1.29, 1.82) is 0 Å². The van der Waals surface area contributed by atoms with E-state index in [9.17, 15) is 38.7 Å². The van der Waals surface area contributed by atoms with Crippen molar-refractivity contribution in [3.63, 3.8) is 0 Å². The molecule has 51 heavy (non-hydrogen) atoms. The second kappa shape index (κ2) is 25.6. The largest absolute Gasteiger partial charge is 0.468 e. The van der Waals surface area contributed by atoms with Crippen molar-refractivity contribution in [2.45, 2.75) is 123 Å². The molecule has 0 bridgehead atoms. The third kappa shape index (κ3) is 26.2. The minimum atomic E-state index is -1.41. The molecule has 292 valence electrons. The molecule has 3 N–H and O–H groups in total. The van der Waals surface area contributed by atoms with Crippen molar-refractivity contribution in [2.75, 3.05) is 27.3 Å². The Morgan fingerprint density at radius 3 is 1.43 bits per heavy atom. The van der Waals surface area contributed by atoms with Crippen molar-refractivity contribution < 1.29 is 62.4 Å². The van der Waals surface area contributed by atoms with E-state index in [1.165, 1.54) is 21.1 Å². The van der Waals surface area contributed by atoms with Gasteiger partial charge in [-0.2, -0.15) is 0 Å². The Hall–Kier alpha value is -4.27. The maximum Gasteiger partial charge on any atom is 0.325 e. The highest BCUT2D eigenvalue weighted by Gasteiger charge is 2.34. The number of hydrogen-bond donors (Lipinski definition) is 3. The molecule has 0 aliphatic heterocycles. The number of aliphatic hydroxyl groups excluding tert-OH is 1. The summed E-state index contributed by atoms with van der Waals surface area (Å²) in [4.78, 5) is 82.4. The fraction of sp³-hybridized carbons (Fsp3) is 0.694. The van der Waals surface area contributed by atoms with Crippen molar-refractivity contribution in [3.8, 4) is 0 Å². The summed E-state index contributed by atoms with van der Waals surface area (Å²) in [6.45, 7) is 18.2. The topological polar surface area (TPSA) is 210 Å². The van der Waals surface area contributed by atoms with E-state index in [4.69, 9.17) is 14.2 Å². The number of carbonyl (C=O) groups is 7. The van der Waals surface area contributed by atoms with Crippen LogP contribution >= 0.6 is 0 Å². The minimum absolute atomic E-state index is 0.0821. The molecule has 0 saturated carbocycles. The van der Waals surface area contributed by atoms with Crippen LogP contribution in [0.25, 0.3) is 0 Å². The highest BCUT2D eigenvalue weighted by atomic mass is 16.6. The fourth-order valence-electron chi connectivity index (χ4n) is 4.40. The van der Waals surface area contributed by atoms with Crippen LogP contribution in [0.2, 0.25) is 0 Å². The number of aliphatic hydroxyl groups is 1. The first-order valence-electron chi connectivity index (χ1n) is 16.8. The fourth-order valence-corrected chi connectivity index (χ4v) is 4.40. The monoisotopic (exact) mass is 728 g/mol. The van der Waals surface area contributed by atoms with Crippen LogP contribution in [0, 0.1) is 11.8 Å². The van der Waals surface area contributed by atoms with E-state index in [2.05, 4.69) is 33.3 Å². The molecule has 0 fully saturated rings. The van der Waals surface area contributed by atoms with Crippen LogP contribution in [0.4, 0.5) is 0 Å². The summed E-state index contributed by atoms with van der Waals surface area (Å²) in [5.74, 6) is -5.47. The van der Waals surface area contributed by atoms with E-state index >= 15 is 0 Å². The smallest absolute Gasteiger partial charge is 0.325 e. The lowest BCUT2D eigenvalue weighted by atomic mass is 9.91. The summed E-state index contributed by atoms with van der Waals surface area (Å²) in [6.07, 6.45) is 4.26. The maximum atomic E-state index is 12.5. The number of ether oxygens (including phenoxy) is 5. The maximum absolute atomic E-state index is 12.5. The summed E-state index contributed by atoms with van der Waals surface area (Å²) < 4.78 is 24.6. The molecule has 0 aromatic heterocycles. The highest BCUT2D eigenvalue weighted by Crippen LogP contribution is 2.24. The van der Waals surface area contributed by atoms with E-state index < -0.39 is 76.9 Å². The molecule has 0 spiro atoms. The molecule has 0 aromatic rings. The summed E-state index contributed by atoms with van der Waals surface area (Å²) >= 11 is 0. The van der Waals surface area contributed by atoms with Crippen molar-refractivity contribution in [2.24, 2.45) is 11.8 Å². The standard InChI is InChI=1S/C19H31NO7.C17H29NO6/c1-7-8-9-10-14(11-15(22)27-19(3,4)5)17(26-13(2)21)18(24)20-12-16(23)25-6;1-6-7-8-9-12(10-13(19)24-17(2,3)4)15(21)16(22)18-11-14(20)23-5/h7,14,17H,1,8-12H2,2-6H3,(H,20,24);6,12,15,21H,1,7-11H2,2-5H3,(H,18,22)/t14-,17?;12-,15?/m11/s1. The predicted molar refractivity (Wildman–Crippen MR) is 188 cm³/mol. The third-order valence-electron chi connectivity index (χ3n) is 6.63. The van der Waals surface area contributed by atoms with Crippen LogP contribution in [-0.4, -0.2) is 97.5 Å². The molecule has 15 heteroatoms. The SMILES string of the molecule is C=CCCC[C@H](CC(=O)OC(C)(C)C)C(O)C(=O)NCC(=O)OC.C=CCCC[C@H](CC(=O)OC(C)(C)C)C(OC(C)=O)C(=O)NCC(=O)OC. The third-order valence-corrected chi connectivity index (χ3v) is 6.63. The van der Waals surface area contributed by atoms with Crippen molar-refractivity contribution in [3.05, 3.63) is 25.3 Å². The number of allylic oxidation sites excluding steroid dienone is 2. The van der Waals surface area contributed by atoms with E-state index in [0.29, 0.717) is 38.5 Å². The van der Waals surface area contributed by atoms with Crippen LogP contribution < -0.4 is 10.6 Å². The first kappa shape index (κ1) is 48.8. The number of carbonyl (C=O) groups excluding carboxylic acids is 7. The van der Waals surface area contributed by atoms with Crippen LogP contribution in [0.1, 0.15) is 99.8 Å². The molecule has 4 atom stereocenters. The summed E-state index contributed by atoms with van der Waals surface area (Å²) in [5, 5.41) is 14.9. The van der Waals surface area contributed by atoms with Crippen LogP contribution in [0.5, 0.6) is 0 Å². The lowest BCUT2D eigenvalue weighted by molar-refractivity contribution is -0.164. The number of methoxy groups -OCH3 is 2. The van der Waals surface area contributed by atoms with Gasteiger partial charge in [0.1, 0.15) is 30.4 Å². The molecule has 0 rings (SSSR count). The van der Waals surface area contributed by atoms with Gasteiger partial charge in [-0.3, -0.25) is 33.6 Å². The van der Waals surface area contributed by atoms with Gasteiger partial charge in [-0.15, -0.1) is 13.2 Å². The Kier molecular flexibility index (Phi) is 24.6. The van der Waals surface area contributed by atoms with Gasteiger partial charge in [0.25, 0.3) is 5.91 Å². The van der Waals surface area contributed by atoms with E-state index in [1.807, 2.05) is 0 Å². The van der Waals surface area contributed by atoms with Gasteiger partial charge in [-0.1, -0.05) is 12.2 Å². The van der Waals surface area contributed by atoms with Gasteiger partial charge in [0.15, 0.2) is 6.10 Å². The van der Waals surface area contributed by atoms with E-state index in [1.54, 1.807) is 53.7 Å². The number of esters is 5. The predicted octanol–water partition coefficient (Wildman–Crippen LogP) is 3.25. The molecular weight excluding hydrogens is 668 g/mol. The second-order valence-corrected chi connectivity index (χ2v) is 13.6. The zero-order chi connectivity index (χ0) is 39.8.